The molecule has 6 atom stereocenters. The van der Waals surface area contributed by atoms with Gasteiger partial charge in [0, 0.05) is 17.9 Å². The van der Waals surface area contributed by atoms with E-state index in [1.807, 2.05) is 13.8 Å². The van der Waals surface area contributed by atoms with Crippen molar-refractivity contribution < 1.29 is 28.9 Å². The van der Waals surface area contributed by atoms with Crippen LogP contribution in [0.25, 0.3) is 0 Å². The van der Waals surface area contributed by atoms with Crippen LogP contribution in [-0.2, 0) is 14.0 Å². The summed E-state index contributed by atoms with van der Waals surface area (Å²) in [7, 11) is 1.41. The van der Waals surface area contributed by atoms with Crippen molar-refractivity contribution in [2.75, 3.05) is 0 Å². The van der Waals surface area contributed by atoms with Crippen LogP contribution in [0.15, 0.2) is 11.9 Å². The molecule has 1 aliphatic heterocycles. The largest absolute Gasteiger partial charge is 0.387 e. The van der Waals surface area contributed by atoms with Crippen LogP contribution >= 0.6 is 7.60 Å². The molecule has 1 rings (SSSR count). The van der Waals surface area contributed by atoms with Crippen molar-refractivity contribution in [2.24, 2.45) is 5.73 Å². The van der Waals surface area contributed by atoms with Gasteiger partial charge in [-0.05, 0) is 26.3 Å². The first-order chi connectivity index (χ1) is 9.10. The van der Waals surface area contributed by atoms with Crippen molar-refractivity contribution >= 4 is 15.4 Å². The van der Waals surface area contributed by atoms with Gasteiger partial charge in [-0.1, -0.05) is 0 Å². The van der Waals surface area contributed by atoms with E-state index < -0.39 is 31.9 Å². The normalized spacial score (nSPS) is 34.5. The number of hydrogen-bond donors (Lipinski definition) is 4. The maximum Gasteiger partial charge on any atom is 0.348 e. The maximum absolute atomic E-state index is 10.8. The van der Waals surface area contributed by atoms with Crippen LogP contribution in [0, 0.1) is 0 Å². The van der Waals surface area contributed by atoms with Crippen LogP contribution in [0.3, 0.4) is 0 Å². The molecule has 4 unspecified atom stereocenters. The minimum absolute atomic E-state index is 0.0500. The minimum Gasteiger partial charge on any atom is -0.387 e. The molecule has 0 aromatic carbocycles. The van der Waals surface area contributed by atoms with E-state index in [2.05, 4.69) is 0 Å². The van der Waals surface area contributed by atoms with Gasteiger partial charge in [-0.2, -0.15) is 0 Å². The Morgan fingerprint density at radius 1 is 1.50 bits per heavy atom. The second kappa shape index (κ2) is 7.18. The number of ether oxygens (including phenoxy) is 2. The zero-order chi connectivity index (χ0) is 15.5. The molecule has 1 fully saturated rings. The van der Waals surface area contributed by atoms with E-state index in [1.165, 1.54) is 0 Å². The quantitative estimate of drug-likeness (QED) is 0.383. The highest BCUT2D eigenvalue weighted by Crippen LogP contribution is 2.37. The third kappa shape index (κ3) is 5.65. The summed E-state index contributed by atoms with van der Waals surface area (Å²) in [5.41, 5.74) is 5.66. The Morgan fingerprint density at radius 2 is 2.10 bits per heavy atom. The van der Waals surface area contributed by atoms with Gasteiger partial charge in [0.1, 0.15) is 26.2 Å². The predicted molar refractivity (Wildman–Crippen MR) is 74.2 cm³/mol. The fraction of sp³-hybridized carbons (Fsp3) is 0.818. The maximum atomic E-state index is 10.8. The van der Waals surface area contributed by atoms with E-state index >= 15 is 0 Å². The zero-order valence-electron chi connectivity index (χ0n) is 11.5. The highest BCUT2D eigenvalue weighted by molar-refractivity contribution is 7.55. The number of hydrogen-bond acceptors (Lipinski definition) is 5. The van der Waals surface area contributed by atoms with Crippen molar-refractivity contribution in [3.05, 3.63) is 11.9 Å². The van der Waals surface area contributed by atoms with Gasteiger partial charge < -0.3 is 30.1 Å². The third-order valence-electron chi connectivity index (χ3n) is 2.87. The smallest absolute Gasteiger partial charge is 0.348 e. The molecule has 0 aliphatic carbocycles. The lowest BCUT2D eigenvalue weighted by molar-refractivity contribution is -0.0605. The average molecular weight is 305 g/mol. The summed E-state index contributed by atoms with van der Waals surface area (Å²) in [5, 5.41) is 10.0. The van der Waals surface area contributed by atoms with Crippen LogP contribution in [-0.4, -0.2) is 59.2 Å². The molecule has 1 saturated heterocycles. The molecular weight excluding hydrogens is 284 g/mol. The van der Waals surface area contributed by atoms with Crippen molar-refractivity contribution in [3.63, 3.8) is 0 Å². The highest BCUT2D eigenvalue weighted by Gasteiger charge is 2.41. The summed E-state index contributed by atoms with van der Waals surface area (Å²) in [4.78, 5) is 17.5. The first-order valence-electron chi connectivity index (χ1n) is 6.35. The Hall–Kier alpha value is -0.205. The van der Waals surface area contributed by atoms with Gasteiger partial charge in [0.05, 0.1) is 6.10 Å². The predicted octanol–water partition coefficient (Wildman–Crippen LogP) is -0.557. The lowest BCUT2D eigenvalue weighted by Gasteiger charge is -2.24. The molecule has 0 spiro atoms. The van der Waals surface area contributed by atoms with Crippen LogP contribution in [0.5, 0.6) is 0 Å². The molecular formula is C11H21BNO6P. The second-order valence-electron chi connectivity index (χ2n) is 5.11. The van der Waals surface area contributed by atoms with E-state index in [-0.39, 0.29) is 12.1 Å². The number of aliphatic hydroxyl groups is 1. The van der Waals surface area contributed by atoms with Crippen molar-refractivity contribution in [2.45, 2.75) is 56.7 Å². The van der Waals surface area contributed by atoms with Crippen LogP contribution < -0.4 is 5.73 Å². The Kier molecular flexibility index (Phi) is 6.40. The molecule has 7 nitrogen and oxygen atoms in total. The van der Waals surface area contributed by atoms with Gasteiger partial charge in [-0.15, -0.1) is 0 Å². The molecule has 0 aromatic rings. The van der Waals surface area contributed by atoms with Crippen LogP contribution in [0.1, 0.15) is 20.3 Å². The fourth-order valence-electron chi connectivity index (χ4n) is 2.08. The molecule has 20 heavy (non-hydrogen) atoms. The zero-order valence-corrected chi connectivity index (χ0v) is 12.4. The minimum atomic E-state index is -4.30. The first kappa shape index (κ1) is 17.8. The number of rotatable bonds is 6. The Bertz CT molecular complexity index is 387. The molecule has 1 heterocycles. The van der Waals surface area contributed by atoms with Gasteiger partial charge in [0.2, 0.25) is 0 Å². The molecule has 0 amide bonds. The molecule has 2 radical (unpaired) electrons. The first-order valence-corrected chi connectivity index (χ1v) is 8.03. The molecule has 0 aromatic heterocycles. The van der Waals surface area contributed by atoms with Gasteiger partial charge in [-0.3, -0.25) is 4.57 Å². The molecule has 5 N–H and O–H groups in total. The van der Waals surface area contributed by atoms with E-state index in [4.69, 9.17) is 32.8 Å². The van der Waals surface area contributed by atoms with Gasteiger partial charge in [0.25, 0.3) is 0 Å². The summed E-state index contributed by atoms with van der Waals surface area (Å²) in [6.07, 6.45) is -1.29. The molecule has 0 saturated carbocycles. The van der Waals surface area contributed by atoms with E-state index in [0.717, 1.165) is 6.08 Å². The fourth-order valence-corrected chi connectivity index (χ4v) is 2.48. The van der Waals surface area contributed by atoms with E-state index in [9.17, 15) is 9.67 Å². The van der Waals surface area contributed by atoms with Gasteiger partial charge in [-0.25, -0.2) is 0 Å². The lowest BCUT2D eigenvalue weighted by atomic mass is 9.92. The Labute approximate surface area is 119 Å². The third-order valence-corrected chi connectivity index (χ3v) is 3.43. The van der Waals surface area contributed by atoms with E-state index in [1.54, 1.807) is 0 Å². The Morgan fingerprint density at radius 3 is 2.60 bits per heavy atom. The van der Waals surface area contributed by atoms with Crippen molar-refractivity contribution in [1.82, 2.24) is 0 Å². The summed E-state index contributed by atoms with van der Waals surface area (Å²) < 4.78 is 21.6. The molecule has 1 aliphatic rings. The SMILES string of the molecule is [B][C@@H]1O[C@H](/C=C/P(=O)(O)O)C(O)C1OC(C)CC(C)N. The van der Waals surface area contributed by atoms with Gasteiger partial charge in [0.15, 0.2) is 0 Å². The molecule has 0 bridgehead atoms. The summed E-state index contributed by atoms with van der Waals surface area (Å²) in [5.74, 6) is 0.682. The summed E-state index contributed by atoms with van der Waals surface area (Å²) in [6.45, 7) is 3.65. The summed E-state index contributed by atoms with van der Waals surface area (Å²) >= 11 is 0. The molecule has 114 valence electrons. The number of aliphatic hydroxyl groups excluding tert-OH is 1. The van der Waals surface area contributed by atoms with Crippen molar-refractivity contribution in [1.29, 1.82) is 0 Å². The average Bonchev–Trinajstić information content (AvgIpc) is 2.52. The monoisotopic (exact) mass is 305 g/mol. The van der Waals surface area contributed by atoms with Gasteiger partial charge >= 0.3 is 7.60 Å². The van der Waals surface area contributed by atoms with Crippen LogP contribution in [0.2, 0.25) is 0 Å². The standard InChI is InChI=1S/C11H21BNO6P/c1-6(13)5-7(2)18-10-9(14)8(19-11(10)12)3-4-20(15,16)17/h3-4,6-11,14H,5,13H2,1-2H3,(H2,15,16,17)/b4-3+/t6?,7?,8-,9?,10?,11-/m1/s1. The number of nitrogens with two attached hydrogens (primary N) is 1. The molecule has 9 heteroatoms. The van der Waals surface area contributed by atoms with E-state index in [0.29, 0.717) is 12.2 Å². The van der Waals surface area contributed by atoms with Crippen LogP contribution in [0.4, 0.5) is 0 Å². The van der Waals surface area contributed by atoms with Crippen molar-refractivity contribution in [3.8, 4) is 0 Å². The second-order valence-corrected chi connectivity index (χ2v) is 6.59. The summed E-state index contributed by atoms with van der Waals surface area (Å²) in [6, 6.07) is -0.919. The highest BCUT2D eigenvalue weighted by atomic mass is 31.2. The Balaban J connectivity index is 2.62. The lowest BCUT2D eigenvalue weighted by Crippen LogP contribution is -2.38. The topological polar surface area (TPSA) is 122 Å².